The second kappa shape index (κ2) is 12.0. The summed E-state index contributed by atoms with van der Waals surface area (Å²) >= 11 is 0. The van der Waals surface area contributed by atoms with Crippen molar-refractivity contribution in [2.24, 2.45) is 5.92 Å². The third-order valence-corrected chi connectivity index (χ3v) is 7.04. The topological polar surface area (TPSA) is 95.8 Å². The molecule has 1 aromatic carbocycles. The second-order valence-corrected chi connectivity index (χ2v) is 9.64. The quantitative estimate of drug-likeness (QED) is 0.364. The molecule has 3 heterocycles. The highest BCUT2D eigenvalue weighted by molar-refractivity contribution is 6.32. The Hall–Kier alpha value is -2.99. The standard InChI is InChI=1S/C25H33BF3N6O2/c1-37-26-33-23-14-17(4-9-31-23)16-34-10-5-18(6-11-34)24(36)35-12-7-20(8-13-35)32-22-3-2-19(15-21(22)30)25(27,28)29/h2-4,9,14-15,18,20,32H,5-8,10-13,16,30H2,1H3,(H,31,33). The van der Waals surface area contributed by atoms with Crippen molar-refractivity contribution in [3.63, 3.8) is 0 Å². The summed E-state index contributed by atoms with van der Waals surface area (Å²) in [6.07, 6.45) is 0.451. The number of carbonyl (C=O) groups excluding carboxylic acids is 1. The number of amides is 1. The van der Waals surface area contributed by atoms with Crippen LogP contribution in [0.15, 0.2) is 36.5 Å². The van der Waals surface area contributed by atoms with Crippen molar-refractivity contribution in [2.75, 3.05) is 49.6 Å². The number of nitrogens with zero attached hydrogens (tertiary/aromatic N) is 3. The number of anilines is 3. The minimum atomic E-state index is -4.42. The predicted molar refractivity (Wildman–Crippen MR) is 138 cm³/mol. The van der Waals surface area contributed by atoms with Crippen LogP contribution in [0.4, 0.5) is 30.4 Å². The first-order chi connectivity index (χ1) is 17.7. The van der Waals surface area contributed by atoms with E-state index >= 15 is 0 Å². The van der Waals surface area contributed by atoms with Crippen LogP contribution >= 0.6 is 0 Å². The molecule has 4 N–H and O–H groups in total. The molecule has 2 aliphatic heterocycles. The lowest BCUT2D eigenvalue weighted by Gasteiger charge is -2.37. The largest absolute Gasteiger partial charge is 0.437 e. The van der Waals surface area contributed by atoms with Crippen LogP contribution in [0, 0.1) is 5.92 Å². The first-order valence-electron chi connectivity index (χ1n) is 12.5. The Morgan fingerprint density at radius 3 is 2.51 bits per heavy atom. The summed E-state index contributed by atoms with van der Waals surface area (Å²) in [7, 11) is 3.05. The van der Waals surface area contributed by atoms with E-state index in [1.807, 2.05) is 17.0 Å². The van der Waals surface area contributed by atoms with Gasteiger partial charge in [0, 0.05) is 44.9 Å². The molecule has 2 fully saturated rings. The molecule has 199 valence electrons. The Kier molecular flexibility index (Phi) is 8.81. The number of hydrogen-bond acceptors (Lipinski definition) is 7. The maximum atomic E-state index is 13.1. The fraction of sp³-hybridized carbons (Fsp3) is 0.520. The zero-order valence-corrected chi connectivity index (χ0v) is 20.9. The van der Waals surface area contributed by atoms with Gasteiger partial charge in [-0.15, -0.1) is 0 Å². The fourth-order valence-corrected chi connectivity index (χ4v) is 4.96. The normalized spacial score (nSPS) is 18.0. The van der Waals surface area contributed by atoms with Gasteiger partial charge >= 0.3 is 13.8 Å². The van der Waals surface area contributed by atoms with Crippen molar-refractivity contribution in [3.8, 4) is 0 Å². The number of hydrogen-bond donors (Lipinski definition) is 3. The molecule has 0 bridgehead atoms. The van der Waals surface area contributed by atoms with Gasteiger partial charge in [-0.2, -0.15) is 13.2 Å². The lowest BCUT2D eigenvalue weighted by Crippen LogP contribution is -2.47. The maximum Gasteiger partial charge on any atom is 0.437 e. The van der Waals surface area contributed by atoms with Gasteiger partial charge in [-0.3, -0.25) is 9.69 Å². The Bertz CT molecular complexity index is 1060. The third-order valence-electron chi connectivity index (χ3n) is 7.04. The van der Waals surface area contributed by atoms with Gasteiger partial charge < -0.3 is 25.8 Å². The van der Waals surface area contributed by atoms with E-state index < -0.39 is 11.7 Å². The van der Waals surface area contributed by atoms with E-state index in [9.17, 15) is 18.0 Å². The van der Waals surface area contributed by atoms with Crippen LogP contribution in [0.2, 0.25) is 0 Å². The van der Waals surface area contributed by atoms with E-state index in [0.717, 1.165) is 68.8 Å². The minimum absolute atomic E-state index is 0.0253. The first kappa shape index (κ1) is 27.1. The summed E-state index contributed by atoms with van der Waals surface area (Å²) in [5, 5.41) is 6.23. The summed E-state index contributed by atoms with van der Waals surface area (Å²) in [4.78, 5) is 21.7. The number of rotatable bonds is 8. The van der Waals surface area contributed by atoms with Crippen LogP contribution in [0.1, 0.15) is 36.8 Å². The second-order valence-electron chi connectivity index (χ2n) is 9.64. The highest BCUT2D eigenvalue weighted by atomic mass is 19.4. The van der Waals surface area contributed by atoms with Gasteiger partial charge in [-0.25, -0.2) is 4.98 Å². The SMILES string of the molecule is CO[B]Nc1cc(CN2CCC(C(=O)N3CCC(Nc4ccc(C(F)(F)F)cc4N)CC3)CC2)ccn1. The van der Waals surface area contributed by atoms with Gasteiger partial charge in [-0.05, 0) is 74.7 Å². The highest BCUT2D eigenvalue weighted by Crippen LogP contribution is 2.33. The summed E-state index contributed by atoms with van der Waals surface area (Å²) in [5.74, 6) is 0.957. The van der Waals surface area contributed by atoms with Gasteiger partial charge in [0.15, 0.2) is 0 Å². The number of halogens is 3. The van der Waals surface area contributed by atoms with Crippen LogP contribution < -0.4 is 16.3 Å². The molecule has 1 radical (unpaired) electrons. The van der Waals surface area contributed by atoms with Crippen LogP contribution in [-0.2, 0) is 22.2 Å². The molecule has 12 heteroatoms. The van der Waals surface area contributed by atoms with Crippen molar-refractivity contribution < 1.29 is 22.6 Å². The fourth-order valence-electron chi connectivity index (χ4n) is 4.96. The van der Waals surface area contributed by atoms with Crippen LogP contribution in [0.5, 0.6) is 0 Å². The number of aromatic nitrogens is 1. The monoisotopic (exact) mass is 517 g/mol. The van der Waals surface area contributed by atoms with Gasteiger partial charge in [0.05, 0.1) is 16.9 Å². The van der Waals surface area contributed by atoms with Crippen LogP contribution in [0.3, 0.4) is 0 Å². The van der Waals surface area contributed by atoms with Gasteiger partial charge in [0.2, 0.25) is 5.91 Å². The minimum Gasteiger partial charge on any atom is -0.422 e. The lowest BCUT2D eigenvalue weighted by molar-refractivity contribution is -0.138. The first-order valence-corrected chi connectivity index (χ1v) is 12.5. The number of nitrogen functional groups attached to an aromatic ring is 1. The Morgan fingerprint density at radius 2 is 1.86 bits per heavy atom. The average molecular weight is 517 g/mol. The molecule has 2 aliphatic rings. The summed E-state index contributed by atoms with van der Waals surface area (Å²) < 4.78 is 43.5. The molecule has 0 unspecified atom stereocenters. The third kappa shape index (κ3) is 7.29. The molecule has 0 aliphatic carbocycles. The van der Waals surface area contributed by atoms with E-state index in [4.69, 9.17) is 10.4 Å². The van der Waals surface area contributed by atoms with E-state index in [1.165, 1.54) is 13.7 Å². The molecule has 0 saturated carbocycles. The maximum absolute atomic E-state index is 13.1. The van der Waals surface area contributed by atoms with Crippen molar-refractivity contribution in [1.29, 1.82) is 0 Å². The molecule has 37 heavy (non-hydrogen) atoms. The number of carbonyl (C=O) groups is 1. The number of piperidine rings is 2. The number of nitrogens with two attached hydrogens (primary N) is 1. The van der Waals surface area contributed by atoms with Crippen LogP contribution in [0.25, 0.3) is 0 Å². The lowest BCUT2D eigenvalue weighted by atomic mass is 9.93. The molecule has 1 aromatic heterocycles. The Labute approximate surface area is 216 Å². The average Bonchev–Trinajstić information content (AvgIpc) is 2.89. The van der Waals surface area contributed by atoms with Crippen molar-refractivity contribution in [1.82, 2.24) is 14.8 Å². The molecule has 0 atom stereocenters. The number of nitrogens with one attached hydrogen (secondary N) is 2. The van der Waals surface area contributed by atoms with Crippen LogP contribution in [-0.4, -0.2) is 67.6 Å². The molecule has 0 spiro atoms. The summed E-state index contributed by atoms with van der Waals surface area (Å²) in [6.45, 7) is 3.77. The Balaban J connectivity index is 1.21. The molecule has 2 aromatic rings. The highest BCUT2D eigenvalue weighted by Gasteiger charge is 2.32. The van der Waals surface area contributed by atoms with Crippen molar-refractivity contribution in [2.45, 2.75) is 44.4 Å². The van der Waals surface area contributed by atoms with Gasteiger partial charge in [-0.1, -0.05) is 0 Å². The molecular formula is C25H33BF3N6O2. The zero-order valence-electron chi connectivity index (χ0n) is 20.9. The number of benzene rings is 1. The van der Waals surface area contributed by atoms with Gasteiger partial charge in [0.25, 0.3) is 0 Å². The molecule has 8 nitrogen and oxygen atoms in total. The zero-order chi connectivity index (χ0) is 26.4. The number of likely N-dealkylation sites (tertiary alicyclic amines) is 2. The van der Waals surface area contributed by atoms with E-state index in [1.54, 1.807) is 13.3 Å². The van der Waals surface area contributed by atoms with Crippen molar-refractivity contribution in [3.05, 3.63) is 47.7 Å². The van der Waals surface area contributed by atoms with Gasteiger partial charge in [0.1, 0.15) is 5.82 Å². The predicted octanol–water partition coefficient (Wildman–Crippen LogP) is 3.59. The molecular weight excluding hydrogens is 484 g/mol. The molecule has 4 rings (SSSR count). The molecule has 2 saturated heterocycles. The number of pyridine rings is 1. The summed E-state index contributed by atoms with van der Waals surface area (Å²) in [5.41, 5.74) is 6.82. The van der Waals surface area contributed by atoms with E-state index in [2.05, 4.69) is 20.4 Å². The van der Waals surface area contributed by atoms with E-state index in [0.29, 0.717) is 18.8 Å². The summed E-state index contributed by atoms with van der Waals surface area (Å²) in [6, 6.07) is 7.41. The van der Waals surface area contributed by atoms with E-state index in [-0.39, 0.29) is 23.6 Å². The Morgan fingerprint density at radius 1 is 1.14 bits per heavy atom. The van der Waals surface area contributed by atoms with Crippen molar-refractivity contribution >= 4 is 30.7 Å². The number of alkyl halides is 3. The molecule has 1 amide bonds. The smallest absolute Gasteiger partial charge is 0.422 e.